The minimum absolute atomic E-state index is 0. The van der Waals surface area contributed by atoms with Crippen molar-refractivity contribution in [3.63, 3.8) is 0 Å². The van der Waals surface area contributed by atoms with Crippen molar-refractivity contribution in [2.24, 2.45) is 0 Å². The topological polar surface area (TPSA) is 63.6 Å². The first-order valence-electron chi connectivity index (χ1n) is 7.18. The minimum atomic E-state index is -1.09. The fourth-order valence-electron chi connectivity index (χ4n) is 1.96. The van der Waals surface area contributed by atoms with Gasteiger partial charge in [-0.1, -0.05) is 51.2 Å². The SMILES string of the molecule is CCCCCCCCC(=O)Oc1ccccc1C(=O)O.[NaH]. The van der Waals surface area contributed by atoms with Crippen molar-refractivity contribution < 1.29 is 19.4 Å². The van der Waals surface area contributed by atoms with E-state index >= 15 is 0 Å². The fraction of sp³-hybridized carbons (Fsp3) is 0.500. The summed E-state index contributed by atoms with van der Waals surface area (Å²) in [5.41, 5.74) is 0.0174. The van der Waals surface area contributed by atoms with Crippen LogP contribution in [0.3, 0.4) is 0 Å². The summed E-state index contributed by atoms with van der Waals surface area (Å²) in [5.74, 6) is -1.34. The van der Waals surface area contributed by atoms with Gasteiger partial charge in [-0.3, -0.25) is 4.79 Å². The summed E-state index contributed by atoms with van der Waals surface area (Å²) < 4.78 is 5.11. The molecule has 0 heterocycles. The quantitative estimate of drug-likeness (QED) is 0.329. The van der Waals surface area contributed by atoms with Gasteiger partial charge in [0.05, 0.1) is 0 Å². The fourth-order valence-corrected chi connectivity index (χ4v) is 1.96. The van der Waals surface area contributed by atoms with Crippen LogP contribution in [-0.2, 0) is 4.79 Å². The van der Waals surface area contributed by atoms with E-state index in [9.17, 15) is 9.59 Å². The second kappa shape index (κ2) is 11.8. The van der Waals surface area contributed by atoms with E-state index in [1.165, 1.54) is 31.4 Å². The molecular weight excluding hydrogens is 279 g/mol. The number of carboxylic acid groups (broad SMARTS) is 1. The molecule has 1 rings (SSSR count). The van der Waals surface area contributed by atoms with Crippen LogP contribution >= 0.6 is 0 Å². The number of benzene rings is 1. The normalized spacial score (nSPS) is 9.76. The van der Waals surface area contributed by atoms with Gasteiger partial charge in [0.2, 0.25) is 0 Å². The van der Waals surface area contributed by atoms with Gasteiger partial charge in [0.15, 0.2) is 0 Å². The van der Waals surface area contributed by atoms with Crippen molar-refractivity contribution >= 4 is 41.5 Å². The number of carboxylic acids is 1. The van der Waals surface area contributed by atoms with Gasteiger partial charge in [0, 0.05) is 6.42 Å². The number of esters is 1. The molecule has 0 aromatic heterocycles. The Kier molecular flexibility index (Phi) is 11.3. The van der Waals surface area contributed by atoms with Crippen molar-refractivity contribution in [3.8, 4) is 5.75 Å². The Morgan fingerprint density at radius 2 is 1.67 bits per heavy atom. The Bertz CT molecular complexity index is 446. The number of para-hydroxylation sites is 1. The Balaban J connectivity index is 0.00000400. The third-order valence-electron chi connectivity index (χ3n) is 3.08. The predicted octanol–water partition coefficient (Wildman–Crippen LogP) is 3.39. The van der Waals surface area contributed by atoms with Gasteiger partial charge in [0.1, 0.15) is 11.3 Å². The van der Waals surface area contributed by atoms with Gasteiger partial charge in [-0.25, -0.2) is 4.79 Å². The number of unbranched alkanes of at least 4 members (excludes halogenated alkanes) is 5. The van der Waals surface area contributed by atoms with Crippen LogP contribution in [0, 0.1) is 0 Å². The predicted molar refractivity (Wildman–Crippen MR) is 84.2 cm³/mol. The van der Waals surface area contributed by atoms with Crippen molar-refractivity contribution in [2.45, 2.75) is 51.9 Å². The second-order valence-electron chi connectivity index (χ2n) is 4.79. The molecule has 0 aliphatic carbocycles. The van der Waals surface area contributed by atoms with E-state index in [2.05, 4.69) is 6.92 Å². The van der Waals surface area contributed by atoms with E-state index in [1.807, 2.05) is 0 Å². The molecule has 0 atom stereocenters. The first-order chi connectivity index (χ1) is 9.65. The number of hydrogen-bond acceptors (Lipinski definition) is 3. The zero-order valence-corrected chi connectivity index (χ0v) is 11.9. The third kappa shape index (κ3) is 8.24. The van der Waals surface area contributed by atoms with Crippen molar-refractivity contribution in [1.82, 2.24) is 0 Å². The number of carbonyl (C=O) groups is 2. The molecule has 0 spiro atoms. The van der Waals surface area contributed by atoms with E-state index in [0.717, 1.165) is 19.3 Å². The summed E-state index contributed by atoms with van der Waals surface area (Å²) in [6.45, 7) is 2.16. The van der Waals surface area contributed by atoms with E-state index in [-0.39, 0.29) is 46.8 Å². The number of hydrogen-bond donors (Lipinski definition) is 1. The number of rotatable bonds is 9. The summed E-state index contributed by atoms with van der Waals surface area (Å²) >= 11 is 0. The monoisotopic (exact) mass is 302 g/mol. The molecule has 4 nitrogen and oxygen atoms in total. The van der Waals surface area contributed by atoms with Gasteiger partial charge in [-0.2, -0.15) is 0 Å². The molecule has 5 heteroatoms. The van der Waals surface area contributed by atoms with Gasteiger partial charge in [0.25, 0.3) is 0 Å². The van der Waals surface area contributed by atoms with Crippen molar-refractivity contribution in [1.29, 1.82) is 0 Å². The van der Waals surface area contributed by atoms with Crippen LogP contribution in [0.2, 0.25) is 0 Å². The van der Waals surface area contributed by atoms with E-state index in [0.29, 0.717) is 6.42 Å². The van der Waals surface area contributed by atoms with E-state index < -0.39 is 5.97 Å². The van der Waals surface area contributed by atoms with E-state index in [1.54, 1.807) is 12.1 Å². The summed E-state index contributed by atoms with van der Waals surface area (Å²) in [6.07, 6.45) is 6.90. The van der Waals surface area contributed by atoms with Crippen LogP contribution in [-0.4, -0.2) is 46.6 Å². The Morgan fingerprint density at radius 1 is 1.05 bits per heavy atom. The molecule has 0 saturated carbocycles. The Hall–Kier alpha value is -0.840. The number of ether oxygens (including phenoxy) is 1. The molecule has 0 aliphatic heterocycles. The first-order valence-corrected chi connectivity index (χ1v) is 7.18. The third-order valence-corrected chi connectivity index (χ3v) is 3.08. The summed E-state index contributed by atoms with van der Waals surface area (Å²) in [5, 5.41) is 8.98. The van der Waals surface area contributed by atoms with Gasteiger partial charge in [-0.05, 0) is 18.6 Å². The molecule has 21 heavy (non-hydrogen) atoms. The Labute approximate surface area is 148 Å². The molecule has 112 valence electrons. The van der Waals surface area contributed by atoms with Gasteiger partial charge >= 0.3 is 41.5 Å². The molecule has 0 bridgehead atoms. The maximum absolute atomic E-state index is 11.7. The summed E-state index contributed by atoms with van der Waals surface area (Å²) in [4.78, 5) is 22.6. The van der Waals surface area contributed by atoms with Crippen LogP contribution in [0.25, 0.3) is 0 Å². The molecule has 0 fully saturated rings. The van der Waals surface area contributed by atoms with E-state index in [4.69, 9.17) is 9.84 Å². The zero-order valence-electron chi connectivity index (χ0n) is 11.9. The van der Waals surface area contributed by atoms with Crippen LogP contribution in [0.1, 0.15) is 62.2 Å². The standard InChI is InChI=1S/C16H22O4.Na.H/c1-2-3-4-5-6-7-12-15(17)20-14-11-9-8-10-13(14)16(18)19;;/h8-11H,2-7,12H2,1H3,(H,18,19);;. The molecule has 0 unspecified atom stereocenters. The molecule has 0 aliphatic rings. The van der Waals surface area contributed by atoms with Crippen molar-refractivity contribution in [3.05, 3.63) is 29.8 Å². The summed E-state index contributed by atoms with van der Waals surface area (Å²) in [7, 11) is 0. The molecule has 0 radical (unpaired) electrons. The van der Waals surface area contributed by atoms with Crippen LogP contribution in [0.4, 0.5) is 0 Å². The average Bonchev–Trinajstić information content (AvgIpc) is 2.43. The van der Waals surface area contributed by atoms with Gasteiger partial charge < -0.3 is 9.84 Å². The molecule has 1 aromatic carbocycles. The molecule has 1 N–H and O–H groups in total. The molecule has 1 aromatic rings. The first kappa shape index (κ1) is 20.2. The average molecular weight is 302 g/mol. The maximum atomic E-state index is 11.7. The van der Waals surface area contributed by atoms with Crippen LogP contribution in [0.15, 0.2) is 24.3 Å². The van der Waals surface area contributed by atoms with Crippen LogP contribution < -0.4 is 4.74 Å². The number of aromatic carboxylic acids is 1. The molecule has 0 amide bonds. The molecular formula is C16H23NaO4. The summed E-state index contributed by atoms with van der Waals surface area (Å²) in [6, 6.07) is 6.19. The molecule has 0 saturated heterocycles. The van der Waals surface area contributed by atoms with Crippen LogP contribution in [0.5, 0.6) is 5.75 Å². The zero-order chi connectivity index (χ0) is 14.8. The van der Waals surface area contributed by atoms with Gasteiger partial charge in [-0.15, -0.1) is 0 Å². The van der Waals surface area contributed by atoms with Crippen molar-refractivity contribution in [2.75, 3.05) is 0 Å². The number of carbonyl (C=O) groups excluding carboxylic acids is 1. The Morgan fingerprint density at radius 3 is 2.33 bits per heavy atom. The second-order valence-corrected chi connectivity index (χ2v) is 4.79.